The van der Waals surface area contributed by atoms with E-state index in [1.807, 2.05) is 30.3 Å². The van der Waals surface area contributed by atoms with Crippen LogP contribution >= 0.6 is 0 Å². The number of carbonyl (C=O) groups is 2. The summed E-state index contributed by atoms with van der Waals surface area (Å²) in [4.78, 5) is 26.1. The third kappa shape index (κ3) is 5.47. The predicted octanol–water partition coefficient (Wildman–Crippen LogP) is 3.82. The number of carbonyl (C=O) groups excluding carboxylic acids is 1. The molecule has 176 valence electrons. The minimum absolute atomic E-state index is 0.0384. The van der Waals surface area contributed by atoms with Crippen LogP contribution in [0.5, 0.6) is 17.2 Å². The van der Waals surface area contributed by atoms with E-state index in [1.54, 1.807) is 20.3 Å². The highest BCUT2D eigenvalue weighted by Crippen LogP contribution is 2.39. The molecular weight excluding hydrogens is 422 g/mol. The Kier molecular flexibility index (Phi) is 7.18. The third-order valence-electron chi connectivity index (χ3n) is 6.70. The van der Waals surface area contributed by atoms with Gasteiger partial charge in [0.2, 0.25) is 0 Å². The van der Waals surface area contributed by atoms with Crippen LogP contribution in [0.4, 0.5) is 0 Å². The number of methoxy groups -OCH3 is 2. The zero-order chi connectivity index (χ0) is 23.4. The maximum absolute atomic E-state index is 13.0. The number of nitrogens with zero attached hydrogens (tertiary/aromatic N) is 1. The zero-order valence-electron chi connectivity index (χ0n) is 19.2. The number of carboxylic acid groups (broad SMARTS) is 1. The molecule has 1 N–H and O–H groups in total. The average molecular weight is 454 g/mol. The van der Waals surface area contributed by atoms with Crippen molar-refractivity contribution in [3.05, 3.63) is 53.1 Å². The van der Waals surface area contributed by atoms with Gasteiger partial charge < -0.3 is 19.3 Å². The molecule has 1 fully saturated rings. The summed E-state index contributed by atoms with van der Waals surface area (Å²) >= 11 is 0. The first-order valence-electron chi connectivity index (χ1n) is 11.4. The number of hydrogen-bond acceptors (Lipinski definition) is 6. The van der Waals surface area contributed by atoms with E-state index in [4.69, 9.17) is 19.3 Å². The smallest absolute Gasteiger partial charge is 0.341 e. The molecule has 1 saturated heterocycles. The highest BCUT2D eigenvalue weighted by Gasteiger charge is 2.34. The summed E-state index contributed by atoms with van der Waals surface area (Å²) in [5.74, 6) is 1.69. The summed E-state index contributed by atoms with van der Waals surface area (Å²) in [6, 6.07) is 11.4. The van der Waals surface area contributed by atoms with Crippen molar-refractivity contribution in [2.75, 3.05) is 33.9 Å². The van der Waals surface area contributed by atoms with Crippen molar-refractivity contribution in [3.8, 4) is 17.2 Å². The van der Waals surface area contributed by atoms with Gasteiger partial charge in [-0.3, -0.25) is 9.69 Å². The largest absolute Gasteiger partial charge is 0.493 e. The van der Waals surface area contributed by atoms with E-state index in [2.05, 4.69) is 4.90 Å². The molecule has 1 aliphatic heterocycles. The Balaban J connectivity index is 1.29. The van der Waals surface area contributed by atoms with Gasteiger partial charge in [0.1, 0.15) is 5.75 Å². The van der Waals surface area contributed by atoms with Crippen LogP contribution in [0.1, 0.15) is 40.7 Å². The van der Waals surface area contributed by atoms with Crippen LogP contribution in [0.15, 0.2) is 36.4 Å². The van der Waals surface area contributed by atoms with Gasteiger partial charge in [0.15, 0.2) is 23.9 Å². The minimum Gasteiger partial charge on any atom is -0.493 e. The molecule has 0 radical (unpaired) electrons. The Hall–Kier alpha value is -3.06. The molecule has 2 aromatic carbocycles. The number of aliphatic carboxylic acids is 1. The summed E-state index contributed by atoms with van der Waals surface area (Å²) in [6.07, 6.45) is 3.84. The molecule has 33 heavy (non-hydrogen) atoms. The molecular formula is C26H31NO6. The Bertz CT molecular complexity index is 1010. The van der Waals surface area contributed by atoms with Gasteiger partial charge in [0.05, 0.1) is 14.2 Å². The molecule has 2 aromatic rings. The van der Waals surface area contributed by atoms with E-state index in [9.17, 15) is 9.59 Å². The molecule has 1 unspecified atom stereocenters. The van der Waals surface area contributed by atoms with Gasteiger partial charge in [-0.15, -0.1) is 0 Å². The normalized spacial score (nSPS) is 18.7. The number of likely N-dealkylation sites (tertiary alicyclic amines) is 1. The van der Waals surface area contributed by atoms with Gasteiger partial charge >= 0.3 is 5.97 Å². The minimum atomic E-state index is -0.982. The van der Waals surface area contributed by atoms with Crippen LogP contribution in [0.25, 0.3) is 0 Å². The van der Waals surface area contributed by atoms with E-state index in [1.165, 1.54) is 0 Å². The number of piperidine rings is 1. The SMILES string of the molecule is COc1cc2c(cc1OC)C(=O)C(CC1CCN(Cc3cccc(OCC(=O)O)c3)CC1)C2. The van der Waals surface area contributed by atoms with Crippen molar-refractivity contribution in [1.29, 1.82) is 0 Å². The first-order valence-corrected chi connectivity index (χ1v) is 11.4. The number of ether oxygens (including phenoxy) is 3. The fourth-order valence-electron chi connectivity index (χ4n) is 5.01. The fourth-order valence-corrected chi connectivity index (χ4v) is 5.01. The van der Waals surface area contributed by atoms with Crippen LogP contribution in [0.3, 0.4) is 0 Å². The van der Waals surface area contributed by atoms with E-state index >= 15 is 0 Å². The lowest BCUT2D eigenvalue weighted by Crippen LogP contribution is -2.34. The standard InChI is InChI=1S/C26H31NO6/c1-31-23-13-19-12-20(26(30)22(19)14-24(23)32-2)10-17-6-8-27(9-7-17)15-18-4-3-5-21(11-18)33-16-25(28)29/h3-5,11,13-14,17,20H,6-10,12,15-16H2,1-2H3,(H,28,29). The molecule has 4 rings (SSSR count). The number of hydrogen-bond donors (Lipinski definition) is 1. The van der Waals surface area contributed by atoms with Crippen molar-refractivity contribution in [2.45, 2.75) is 32.2 Å². The van der Waals surface area contributed by atoms with Crippen molar-refractivity contribution in [3.63, 3.8) is 0 Å². The molecule has 0 amide bonds. The van der Waals surface area contributed by atoms with Gasteiger partial charge in [-0.2, -0.15) is 0 Å². The van der Waals surface area contributed by atoms with Gasteiger partial charge in [-0.1, -0.05) is 12.1 Å². The summed E-state index contributed by atoms with van der Waals surface area (Å²) in [5.41, 5.74) is 2.95. The topological polar surface area (TPSA) is 85.3 Å². The predicted molar refractivity (Wildman–Crippen MR) is 123 cm³/mol. The van der Waals surface area contributed by atoms with E-state index in [0.717, 1.165) is 62.0 Å². The molecule has 1 aliphatic carbocycles. The molecule has 2 aliphatic rings. The summed E-state index contributed by atoms with van der Waals surface area (Å²) < 4.78 is 16.1. The summed E-state index contributed by atoms with van der Waals surface area (Å²) in [6.45, 7) is 2.45. The first-order chi connectivity index (χ1) is 16.0. The molecule has 1 atom stereocenters. The maximum Gasteiger partial charge on any atom is 0.341 e. The Morgan fingerprint density at radius 1 is 1.09 bits per heavy atom. The monoisotopic (exact) mass is 453 g/mol. The number of carboxylic acids is 1. The van der Waals surface area contributed by atoms with Crippen molar-refractivity contribution in [1.82, 2.24) is 4.90 Å². The first kappa shape index (κ1) is 23.1. The Labute approximate surface area is 194 Å². The fraction of sp³-hybridized carbons (Fsp3) is 0.462. The van der Waals surface area contributed by atoms with Crippen molar-refractivity contribution >= 4 is 11.8 Å². The number of fused-ring (bicyclic) bond motifs is 1. The maximum atomic E-state index is 13.0. The lowest BCUT2D eigenvalue weighted by atomic mass is 9.85. The quantitative estimate of drug-likeness (QED) is 0.618. The van der Waals surface area contributed by atoms with E-state index < -0.39 is 5.97 Å². The molecule has 1 heterocycles. The number of rotatable bonds is 9. The molecule has 7 heteroatoms. The van der Waals surface area contributed by atoms with Gasteiger partial charge in [0.25, 0.3) is 0 Å². The highest BCUT2D eigenvalue weighted by atomic mass is 16.5. The van der Waals surface area contributed by atoms with Crippen molar-refractivity contribution in [2.24, 2.45) is 11.8 Å². The van der Waals surface area contributed by atoms with Gasteiger partial charge in [-0.05, 0) is 80.1 Å². The molecule has 7 nitrogen and oxygen atoms in total. The third-order valence-corrected chi connectivity index (χ3v) is 6.70. The van der Waals surface area contributed by atoms with Crippen LogP contribution < -0.4 is 14.2 Å². The van der Waals surface area contributed by atoms with Crippen molar-refractivity contribution < 1.29 is 28.9 Å². The Morgan fingerprint density at radius 3 is 2.52 bits per heavy atom. The second-order valence-corrected chi connectivity index (χ2v) is 8.91. The van der Waals surface area contributed by atoms with E-state index in [-0.39, 0.29) is 18.3 Å². The zero-order valence-corrected chi connectivity index (χ0v) is 19.2. The lowest BCUT2D eigenvalue weighted by molar-refractivity contribution is -0.139. The van der Waals surface area contributed by atoms with Gasteiger partial charge in [0, 0.05) is 18.0 Å². The number of Topliss-reactive ketones (excluding diaryl/α,β-unsaturated/α-hetero) is 1. The average Bonchev–Trinajstić information content (AvgIpc) is 3.12. The Morgan fingerprint density at radius 2 is 1.82 bits per heavy atom. The molecule has 0 saturated carbocycles. The van der Waals surface area contributed by atoms with Crippen LogP contribution in [0.2, 0.25) is 0 Å². The summed E-state index contributed by atoms with van der Waals surface area (Å²) in [5, 5.41) is 8.78. The number of benzene rings is 2. The molecule has 0 aromatic heterocycles. The second kappa shape index (κ2) is 10.3. The van der Waals surface area contributed by atoms with Gasteiger partial charge in [-0.25, -0.2) is 4.79 Å². The van der Waals surface area contributed by atoms with Crippen LogP contribution in [-0.2, 0) is 17.8 Å². The second-order valence-electron chi connectivity index (χ2n) is 8.91. The van der Waals surface area contributed by atoms with Crippen LogP contribution in [-0.4, -0.2) is 55.7 Å². The van der Waals surface area contributed by atoms with Crippen LogP contribution in [0, 0.1) is 11.8 Å². The summed E-state index contributed by atoms with van der Waals surface area (Å²) in [7, 11) is 3.21. The van der Waals surface area contributed by atoms with E-state index in [0.29, 0.717) is 23.2 Å². The molecule has 0 bridgehead atoms. The lowest BCUT2D eigenvalue weighted by Gasteiger charge is -2.33. The number of ketones is 1. The highest BCUT2D eigenvalue weighted by molar-refractivity contribution is 6.02. The molecule has 0 spiro atoms.